The van der Waals surface area contributed by atoms with Gasteiger partial charge in [-0.25, -0.2) is 0 Å². The molecule has 0 unspecified atom stereocenters. The maximum absolute atomic E-state index is 12.2. The van der Waals surface area contributed by atoms with Crippen molar-refractivity contribution in [2.45, 2.75) is 5.16 Å². The van der Waals surface area contributed by atoms with Crippen LogP contribution in [-0.4, -0.2) is 33.0 Å². The SMILES string of the molecule is Cn1c(SCCOc2ccccc2)nnc1-c1ccc(NC(=O)/C=C\c2ccccc2)cc1. The Morgan fingerprint density at radius 3 is 2.39 bits per heavy atom. The summed E-state index contributed by atoms with van der Waals surface area (Å²) < 4.78 is 7.69. The lowest BCUT2D eigenvalue weighted by Crippen LogP contribution is -2.07. The van der Waals surface area contributed by atoms with Crippen molar-refractivity contribution in [3.05, 3.63) is 96.6 Å². The van der Waals surface area contributed by atoms with Crippen LogP contribution in [0.3, 0.4) is 0 Å². The Kier molecular flexibility index (Phi) is 7.56. The average Bonchev–Trinajstić information content (AvgIpc) is 3.22. The Bertz CT molecular complexity index is 1210. The van der Waals surface area contributed by atoms with Gasteiger partial charge in [-0.1, -0.05) is 60.3 Å². The van der Waals surface area contributed by atoms with Crippen molar-refractivity contribution in [1.82, 2.24) is 14.8 Å². The lowest BCUT2D eigenvalue weighted by molar-refractivity contribution is -0.111. The monoisotopic (exact) mass is 456 g/mol. The Morgan fingerprint density at radius 2 is 1.67 bits per heavy atom. The van der Waals surface area contributed by atoms with E-state index in [2.05, 4.69) is 15.5 Å². The van der Waals surface area contributed by atoms with Gasteiger partial charge in [-0.15, -0.1) is 10.2 Å². The number of benzene rings is 3. The highest BCUT2D eigenvalue weighted by Gasteiger charge is 2.11. The molecule has 0 atom stereocenters. The second-order valence-electron chi connectivity index (χ2n) is 7.19. The second kappa shape index (κ2) is 11.2. The number of carbonyl (C=O) groups excluding carboxylic acids is 1. The molecule has 6 nitrogen and oxygen atoms in total. The summed E-state index contributed by atoms with van der Waals surface area (Å²) >= 11 is 1.60. The predicted octanol–water partition coefficient (Wildman–Crippen LogP) is 5.31. The number of thioether (sulfide) groups is 1. The largest absolute Gasteiger partial charge is 0.493 e. The summed E-state index contributed by atoms with van der Waals surface area (Å²) in [7, 11) is 1.94. The standard InChI is InChI=1S/C26H24N4O2S/c1-30-25(28-29-26(30)33-19-18-32-23-10-6-3-7-11-23)21-13-15-22(16-14-21)27-24(31)17-12-20-8-4-2-5-9-20/h2-17H,18-19H2,1H3,(H,27,31)/b17-12-. The quantitative estimate of drug-likeness (QED) is 0.210. The fourth-order valence-electron chi connectivity index (χ4n) is 3.12. The fourth-order valence-corrected chi connectivity index (χ4v) is 3.85. The maximum Gasteiger partial charge on any atom is 0.248 e. The Balaban J connectivity index is 1.30. The van der Waals surface area contributed by atoms with E-state index in [0.29, 0.717) is 6.61 Å². The molecule has 0 fully saturated rings. The highest BCUT2D eigenvalue weighted by Crippen LogP contribution is 2.24. The highest BCUT2D eigenvalue weighted by molar-refractivity contribution is 7.99. The lowest BCUT2D eigenvalue weighted by atomic mass is 10.2. The molecule has 0 saturated heterocycles. The molecular weight excluding hydrogens is 432 g/mol. The highest BCUT2D eigenvalue weighted by atomic mass is 32.2. The number of ether oxygens (including phenoxy) is 1. The number of nitrogens with one attached hydrogen (secondary N) is 1. The number of amides is 1. The molecule has 33 heavy (non-hydrogen) atoms. The summed E-state index contributed by atoms with van der Waals surface area (Å²) in [5.41, 5.74) is 2.62. The van der Waals surface area contributed by atoms with Crippen molar-refractivity contribution in [2.75, 3.05) is 17.7 Å². The molecule has 4 rings (SSSR count). The van der Waals surface area contributed by atoms with Crippen molar-refractivity contribution >= 4 is 29.4 Å². The third-order valence-electron chi connectivity index (χ3n) is 4.80. The van der Waals surface area contributed by atoms with Gasteiger partial charge in [-0.05, 0) is 48.0 Å². The molecule has 0 aliphatic heterocycles. The van der Waals surface area contributed by atoms with Gasteiger partial charge in [0.1, 0.15) is 5.75 Å². The zero-order valence-electron chi connectivity index (χ0n) is 18.2. The van der Waals surface area contributed by atoms with Crippen molar-refractivity contribution in [3.63, 3.8) is 0 Å². The first-order chi connectivity index (χ1) is 16.2. The molecule has 1 amide bonds. The van der Waals surface area contributed by atoms with E-state index < -0.39 is 0 Å². The van der Waals surface area contributed by atoms with E-state index in [9.17, 15) is 4.79 Å². The first-order valence-electron chi connectivity index (χ1n) is 10.5. The minimum absolute atomic E-state index is 0.179. The number of nitrogens with zero attached hydrogens (tertiary/aromatic N) is 3. The Morgan fingerprint density at radius 1 is 0.970 bits per heavy atom. The summed E-state index contributed by atoms with van der Waals surface area (Å²) in [5.74, 6) is 2.21. The van der Waals surface area contributed by atoms with Gasteiger partial charge in [-0.3, -0.25) is 4.79 Å². The molecule has 3 aromatic carbocycles. The van der Waals surface area contributed by atoms with Crippen LogP contribution >= 0.6 is 11.8 Å². The topological polar surface area (TPSA) is 69.0 Å². The minimum Gasteiger partial charge on any atom is -0.493 e. The molecule has 0 radical (unpaired) electrons. The van der Waals surface area contributed by atoms with Gasteiger partial charge in [0.2, 0.25) is 5.91 Å². The van der Waals surface area contributed by atoms with Gasteiger partial charge in [0.05, 0.1) is 6.61 Å². The van der Waals surface area contributed by atoms with Crippen LogP contribution in [0, 0.1) is 0 Å². The number of rotatable bonds is 9. The van der Waals surface area contributed by atoms with Crippen LogP contribution in [-0.2, 0) is 11.8 Å². The van der Waals surface area contributed by atoms with Crippen molar-refractivity contribution in [1.29, 1.82) is 0 Å². The molecular formula is C26H24N4O2S. The third-order valence-corrected chi connectivity index (χ3v) is 5.78. The molecule has 0 aliphatic carbocycles. The van der Waals surface area contributed by atoms with Crippen molar-refractivity contribution < 1.29 is 9.53 Å². The summed E-state index contributed by atoms with van der Waals surface area (Å²) in [6, 6.07) is 27.0. The molecule has 0 saturated carbocycles. The van der Waals surface area contributed by atoms with E-state index in [-0.39, 0.29) is 5.91 Å². The number of carbonyl (C=O) groups is 1. The average molecular weight is 457 g/mol. The van der Waals surface area contributed by atoms with E-state index in [1.54, 1.807) is 17.8 Å². The molecule has 166 valence electrons. The molecule has 0 spiro atoms. The van der Waals surface area contributed by atoms with E-state index in [1.807, 2.05) is 96.5 Å². The van der Waals surface area contributed by atoms with Crippen LogP contribution in [0.15, 0.2) is 96.2 Å². The smallest absolute Gasteiger partial charge is 0.248 e. The van der Waals surface area contributed by atoms with Crippen molar-refractivity contribution in [2.24, 2.45) is 7.05 Å². The number of hydrogen-bond donors (Lipinski definition) is 1. The number of hydrogen-bond acceptors (Lipinski definition) is 5. The lowest BCUT2D eigenvalue weighted by Gasteiger charge is -2.07. The Labute approximate surface area is 197 Å². The number of para-hydroxylation sites is 1. The van der Waals surface area contributed by atoms with E-state index in [4.69, 9.17) is 4.74 Å². The second-order valence-corrected chi connectivity index (χ2v) is 8.25. The summed E-state index contributed by atoms with van der Waals surface area (Å²) in [5, 5.41) is 12.3. The molecule has 1 aromatic heterocycles. The molecule has 1 heterocycles. The van der Waals surface area contributed by atoms with Crippen LogP contribution < -0.4 is 10.1 Å². The van der Waals surface area contributed by atoms with Crippen LogP contribution in [0.5, 0.6) is 5.75 Å². The number of anilines is 1. The summed E-state index contributed by atoms with van der Waals surface area (Å²) in [4.78, 5) is 12.2. The van der Waals surface area contributed by atoms with E-state index in [0.717, 1.165) is 39.3 Å². The zero-order valence-corrected chi connectivity index (χ0v) is 19.0. The molecule has 7 heteroatoms. The van der Waals surface area contributed by atoms with Gasteiger partial charge in [-0.2, -0.15) is 0 Å². The van der Waals surface area contributed by atoms with Crippen LogP contribution in [0.25, 0.3) is 17.5 Å². The van der Waals surface area contributed by atoms with E-state index in [1.165, 1.54) is 6.08 Å². The first kappa shape index (κ1) is 22.4. The first-order valence-corrected chi connectivity index (χ1v) is 11.5. The predicted molar refractivity (Wildman–Crippen MR) is 133 cm³/mol. The van der Waals surface area contributed by atoms with Crippen LogP contribution in [0.4, 0.5) is 5.69 Å². The number of aromatic nitrogens is 3. The molecule has 1 N–H and O–H groups in total. The maximum atomic E-state index is 12.2. The van der Waals surface area contributed by atoms with Gasteiger partial charge in [0, 0.05) is 30.1 Å². The molecule has 4 aromatic rings. The third kappa shape index (κ3) is 6.33. The zero-order chi connectivity index (χ0) is 22.9. The van der Waals surface area contributed by atoms with Crippen molar-refractivity contribution in [3.8, 4) is 17.1 Å². The molecule has 0 bridgehead atoms. The normalized spacial score (nSPS) is 10.9. The van der Waals surface area contributed by atoms with Crippen LogP contribution in [0.2, 0.25) is 0 Å². The van der Waals surface area contributed by atoms with Gasteiger partial charge in [0.15, 0.2) is 11.0 Å². The minimum atomic E-state index is -0.179. The Hall–Kier alpha value is -3.84. The molecule has 0 aliphatic rings. The fraction of sp³-hybridized carbons (Fsp3) is 0.115. The van der Waals surface area contributed by atoms with Gasteiger partial charge in [0.25, 0.3) is 0 Å². The van der Waals surface area contributed by atoms with E-state index >= 15 is 0 Å². The van der Waals surface area contributed by atoms with Gasteiger partial charge < -0.3 is 14.6 Å². The van der Waals surface area contributed by atoms with Crippen LogP contribution in [0.1, 0.15) is 5.56 Å². The summed E-state index contributed by atoms with van der Waals surface area (Å²) in [6.45, 7) is 0.587. The summed E-state index contributed by atoms with van der Waals surface area (Å²) in [6.07, 6.45) is 3.31. The van der Waals surface area contributed by atoms with Gasteiger partial charge >= 0.3 is 0 Å².